The van der Waals surface area contributed by atoms with Crippen LogP contribution in [0.5, 0.6) is 11.5 Å². The van der Waals surface area contributed by atoms with Gasteiger partial charge >= 0.3 is 0 Å². The molecule has 1 aliphatic carbocycles. The minimum atomic E-state index is 0.316. The second-order valence-electron chi connectivity index (χ2n) is 6.96. The fourth-order valence-electron chi connectivity index (χ4n) is 3.36. The standard InChI is InChI=1S/C22H31N3O3/c1-3-23-22(24-13-12-18-9-6-14-27-18)25-16-17-10-11-20(21(15-17)26-2)28-19-7-4-5-8-19/h6,9-11,14-15,19H,3-5,7-8,12-13,16H2,1-2H3,(H2,23,24,25). The number of guanidine groups is 1. The number of nitrogens with zero attached hydrogens (tertiary/aromatic N) is 1. The average molecular weight is 386 g/mol. The first kappa shape index (κ1) is 20.1. The summed E-state index contributed by atoms with van der Waals surface area (Å²) in [5, 5.41) is 6.61. The van der Waals surface area contributed by atoms with Crippen LogP contribution >= 0.6 is 0 Å². The molecule has 3 rings (SSSR count). The van der Waals surface area contributed by atoms with E-state index in [1.165, 1.54) is 12.8 Å². The molecule has 0 atom stereocenters. The van der Waals surface area contributed by atoms with Gasteiger partial charge in [-0.05, 0) is 62.4 Å². The van der Waals surface area contributed by atoms with Crippen molar-refractivity contribution in [2.75, 3.05) is 20.2 Å². The summed E-state index contributed by atoms with van der Waals surface area (Å²) in [6.07, 6.45) is 7.59. The van der Waals surface area contributed by atoms with Crippen molar-refractivity contribution < 1.29 is 13.9 Å². The van der Waals surface area contributed by atoms with Gasteiger partial charge in [-0.15, -0.1) is 0 Å². The molecule has 0 spiro atoms. The number of ether oxygens (including phenoxy) is 2. The Morgan fingerprint density at radius 3 is 2.75 bits per heavy atom. The first-order valence-corrected chi connectivity index (χ1v) is 10.2. The summed E-state index contributed by atoms with van der Waals surface area (Å²) in [4.78, 5) is 4.68. The molecule has 6 nitrogen and oxygen atoms in total. The lowest BCUT2D eigenvalue weighted by Gasteiger charge is -2.16. The number of methoxy groups -OCH3 is 1. The summed E-state index contributed by atoms with van der Waals surface area (Å²) in [5.41, 5.74) is 1.08. The van der Waals surface area contributed by atoms with E-state index in [4.69, 9.17) is 13.9 Å². The smallest absolute Gasteiger partial charge is 0.191 e. The van der Waals surface area contributed by atoms with Gasteiger partial charge in [0.05, 0.1) is 26.0 Å². The van der Waals surface area contributed by atoms with Crippen LogP contribution in [0.3, 0.4) is 0 Å². The maximum absolute atomic E-state index is 6.11. The van der Waals surface area contributed by atoms with Crippen LogP contribution in [0.4, 0.5) is 0 Å². The van der Waals surface area contributed by atoms with E-state index in [2.05, 4.69) is 28.6 Å². The molecule has 1 aromatic heterocycles. The van der Waals surface area contributed by atoms with Gasteiger partial charge in [-0.2, -0.15) is 0 Å². The van der Waals surface area contributed by atoms with Gasteiger partial charge in [0.2, 0.25) is 0 Å². The summed E-state index contributed by atoms with van der Waals surface area (Å²) < 4.78 is 17.0. The second kappa shape index (κ2) is 10.6. The molecule has 0 saturated heterocycles. The summed E-state index contributed by atoms with van der Waals surface area (Å²) in [5.74, 6) is 3.35. The molecule has 1 aromatic carbocycles. The zero-order valence-electron chi connectivity index (χ0n) is 16.9. The molecule has 1 saturated carbocycles. The molecule has 1 fully saturated rings. The van der Waals surface area contributed by atoms with Crippen LogP contribution in [0, 0.1) is 0 Å². The minimum absolute atomic E-state index is 0.316. The predicted molar refractivity (Wildman–Crippen MR) is 111 cm³/mol. The molecule has 1 heterocycles. The molecule has 0 radical (unpaired) electrons. The van der Waals surface area contributed by atoms with Gasteiger partial charge in [-0.3, -0.25) is 0 Å². The summed E-state index contributed by atoms with van der Waals surface area (Å²) in [6, 6.07) is 9.96. The van der Waals surface area contributed by atoms with Gasteiger partial charge in [-0.25, -0.2) is 4.99 Å². The molecule has 152 valence electrons. The van der Waals surface area contributed by atoms with Gasteiger partial charge in [-0.1, -0.05) is 6.07 Å². The van der Waals surface area contributed by atoms with E-state index in [0.717, 1.165) is 61.1 Å². The molecule has 1 aliphatic rings. The SMILES string of the molecule is CCNC(=NCc1ccc(OC2CCCC2)c(OC)c1)NCCc1ccco1. The van der Waals surface area contributed by atoms with Crippen LogP contribution in [0.25, 0.3) is 0 Å². The van der Waals surface area contributed by atoms with Gasteiger partial charge < -0.3 is 24.5 Å². The van der Waals surface area contributed by atoms with E-state index in [-0.39, 0.29) is 0 Å². The van der Waals surface area contributed by atoms with E-state index in [1.807, 2.05) is 24.3 Å². The zero-order chi connectivity index (χ0) is 19.6. The summed E-state index contributed by atoms with van der Waals surface area (Å²) in [6.45, 7) is 4.19. The Hall–Kier alpha value is -2.63. The average Bonchev–Trinajstić information content (AvgIpc) is 3.41. The minimum Gasteiger partial charge on any atom is -0.493 e. The zero-order valence-corrected chi connectivity index (χ0v) is 16.9. The molecule has 6 heteroatoms. The van der Waals surface area contributed by atoms with E-state index in [9.17, 15) is 0 Å². The summed E-state index contributed by atoms with van der Waals surface area (Å²) >= 11 is 0. The lowest BCUT2D eigenvalue weighted by atomic mass is 10.2. The predicted octanol–water partition coefficient (Wildman–Crippen LogP) is 3.91. The molecule has 2 N–H and O–H groups in total. The number of hydrogen-bond donors (Lipinski definition) is 2. The first-order valence-electron chi connectivity index (χ1n) is 10.2. The lowest BCUT2D eigenvalue weighted by molar-refractivity contribution is 0.200. The van der Waals surface area contributed by atoms with Gasteiger partial charge in [0.25, 0.3) is 0 Å². The molecular formula is C22H31N3O3. The van der Waals surface area contributed by atoms with Crippen molar-refractivity contribution >= 4 is 5.96 Å². The maximum Gasteiger partial charge on any atom is 0.191 e. The Bertz CT molecular complexity index is 737. The van der Waals surface area contributed by atoms with Crippen molar-refractivity contribution in [1.29, 1.82) is 0 Å². The van der Waals surface area contributed by atoms with Crippen LogP contribution < -0.4 is 20.1 Å². The van der Waals surface area contributed by atoms with E-state index in [1.54, 1.807) is 13.4 Å². The quantitative estimate of drug-likeness (QED) is 0.506. The van der Waals surface area contributed by atoms with Crippen LogP contribution in [0.15, 0.2) is 46.0 Å². The molecule has 2 aromatic rings. The van der Waals surface area contributed by atoms with Crippen LogP contribution in [-0.2, 0) is 13.0 Å². The number of furan rings is 1. The van der Waals surface area contributed by atoms with E-state index in [0.29, 0.717) is 12.6 Å². The Labute approximate surface area is 167 Å². The number of nitrogens with one attached hydrogen (secondary N) is 2. The van der Waals surface area contributed by atoms with Crippen LogP contribution in [0.1, 0.15) is 43.9 Å². The van der Waals surface area contributed by atoms with Crippen molar-refractivity contribution in [2.24, 2.45) is 4.99 Å². The number of rotatable bonds is 9. The maximum atomic E-state index is 6.11. The fraction of sp³-hybridized carbons (Fsp3) is 0.500. The van der Waals surface area contributed by atoms with Gasteiger partial charge in [0.15, 0.2) is 17.5 Å². The summed E-state index contributed by atoms with van der Waals surface area (Å²) in [7, 11) is 1.68. The highest BCUT2D eigenvalue weighted by Crippen LogP contribution is 2.32. The molecule has 28 heavy (non-hydrogen) atoms. The van der Waals surface area contributed by atoms with E-state index < -0.39 is 0 Å². The molecule has 0 bridgehead atoms. The highest BCUT2D eigenvalue weighted by molar-refractivity contribution is 5.79. The third-order valence-electron chi connectivity index (χ3n) is 4.83. The molecular weight excluding hydrogens is 354 g/mol. The van der Waals surface area contributed by atoms with Crippen LogP contribution in [-0.4, -0.2) is 32.3 Å². The Balaban J connectivity index is 1.57. The Kier molecular flexibility index (Phi) is 7.64. The van der Waals surface area contributed by atoms with Crippen molar-refractivity contribution in [2.45, 2.75) is 51.7 Å². The van der Waals surface area contributed by atoms with Gasteiger partial charge in [0.1, 0.15) is 5.76 Å². The van der Waals surface area contributed by atoms with Gasteiger partial charge in [0, 0.05) is 19.5 Å². The normalized spacial score (nSPS) is 14.9. The second-order valence-corrected chi connectivity index (χ2v) is 6.96. The molecule has 0 amide bonds. The highest BCUT2D eigenvalue weighted by Gasteiger charge is 2.18. The Morgan fingerprint density at radius 1 is 1.18 bits per heavy atom. The van der Waals surface area contributed by atoms with Crippen molar-refractivity contribution in [3.8, 4) is 11.5 Å². The molecule has 0 aliphatic heterocycles. The number of aliphatic imine (C=N–C) groups is 1. The lowest BCUT2D eigenvalue weighted by Crippen LogP contribution is -2.38. The third kappa shape index (κ3) is 5.94. The fourth-order valence-corrected chi connectivity index (χ4v) is 3.36. The third-order valence-corrected chi connectivity index (χ3v) is 4.83. The Morgan fingerprint density at radius 2 is 2.04 bits per heavy atom. The van der Waals surface area contributed by atoms with Crippen molar-refractivity contribution in [3.63, 3.8) is 0 Å². The van der Waals surface area contributed by atoms with E-state index >= 15 is 0 Å². The molecule has 0 unspecified atom stereocenters. The number of hydrogen-bond acceptors (Lipinski definition) is 4. The van der Waals surface area contributed by atoms with Crippen LogP contribution in [0.2, 0.25) is 0 Å². The monoisotopic (exact) mass is 385 g/mol. The highest BCUT2D eigenvalue weighted by atomic mass is 16.5. The largest absolute Gasteiger partial charge is 0.493 e. The van der Waals surface area contributed by atoms with Crippen molar-refractivity contribution in [3.05, 3.63) is 47.9 Å². The topological polar surface area (TPSA) is 68.0 Å². The first-order chi connectivity index (χ1) is 13.8. The number of benzene rings is 1. The van der Waals surface area contributed by atoms with Crippen molar-refractivity contribution in [1.82, 2.24) is 10.6 Å².